The maximum Gasteiger partial charge on any atom is 0.212 e. The molecule has 4 nitrogen and oxygen atoms in total. The molecule has 1 atom stereocenters. The molecule has 92 valence electrons. The molecule has 1 unspecified atom stereocenters. The van der Waals surface area contributed by atoms with Crippen molar-refractivity contribution in [2.45, 2.75) is 19.9 Å². The van der Waals surface area contributed by atoms with E-state index in [0.717, 1.165) is 26.8 Å². The van der Waals surface area contributed by atoms with E-state index in [0.29, 0.717) is 0 Å². The van der Waals surface area contributed by atoms with E-state index in [-0.39, 0.29) is 6.04 Å². The number of nitrogens with zero attached hydrogens (tertiary/aromatic N) is 3. The van der Waals surface area contributed by atoms with Gasteiger partial charge in [-0.2, -0.15) is 5.10 Å². The van der Waals surface area contributed by atoms with Gasteiger partial charge in [-0.1, -0.05) is 35.6 Å². The maximum atomic E-state index is 5.84. The number of aryl methyl sites for hydroxylation is 1. The van der Waals surface area contributed by atoms with Crippen molar-refractivity contribution in [1.82, 2.24) is 14.6 Å². The van der Waals surface area contributed by atoms with Gasteiger partial charge in [-0.15, -0.1) is 0 Å². The average Bonchev–Trinajstić information content (AvgIpc) is 2.86. The number of benzene rings is 1. The molecule has 5 heteroatoms. The summed E-state index contributed by atoms with van der Waals surface area (Å²) in [4.78, 5) is 5.50. The SMILES string of the molecule is Cc1nn2cc(-c3ccc(C(C)N)cc3)nc2s1. The summed E-state index contributed by atoms with van der Waals surface area (Å²) in [6.45, 7) is 3.96. The van der Waals surface area contributed by atoms with Crippen LogP contribution in [0.3, 0.4) is 0 Å². The van der Waals surface area contributed by atoms with Gasteiger partial charge in [0.25, 0.3) is 0 Å². The van der Waals surface area contributed by atoms with Crippen LogP contribution in [0.4, 0.5) is 0 Å². The maximum absolute atomic E-state index is 5.84. The summed E-state index contributed by atoms with van der Waals surface area (Å²) in [7, 11) is 0. The Morgan fingerprint density at radius 3 is 2.61 bits per heavy atom. The van der Waals surface area contributed by atoms with E-state index in [9.17, 15) is 0 Å². The first-order valence-corrected chi connectivity index (χ1v) is 6.64. The average molecular weight is 258 g/mol. The van der Waals surface area contributed by atoms with Crippen LogP contribution in [-0.4, -0.2) is 14.6 Å². The molecule has 0 amide bonds. The van der Waals surface area contributed by atoms with Crippen molar-refractivity contribution in [3.05, 3.63) is 41.0 Å². The molecule has 0 saturated heterocycles. The lowest BCUT2D eigenvalue weighted by atomic mass is 10.1. The Bertz CT molecular complexity index is 647. The predicted molar refractivity (Wildman–Crippen MR) is 73.6 cm³/mol. The molecule has 0 spiro atoms. The van der Waals surface area contributed by atoms with E-state index in [1.54, 1.807) is 11.3 Å². The molecule has 1 aromatic carbocycles. The molecule has 18 heavy (non-hydrogen) atoms. The van der Waals surface area contributed by atoms with E-state index in [4.69, 9.17) is 5.73 Å². The molecule has 3 rings (SSSR count). The van der Waals surface area contributed by atoms with E-state index in [1.165, 1.54) is 0 Å². The highest BCUT2D eigenvalue weighted by Gasteiger charge is 2.08. The van der Waals surface area contributed by atoms with Gasteiger partial charge in [0.05, 0.1) is 11.9 Å². The molecule has 2 aromatic heterocycles. The zero-order chi connectivity index (χ0) is 12.7. The Balaban J connectivity index is 2.00. The standard InChI is InChI=1S/C13H14N4S/c1-8(14)10-3-5-11(6-4-10)12-7-17-13(15-12)18-9(2)16-17/h3-8H,14H2,1-2H3. The number of nitrogens with two attached hydrogens (primary N) is 1. The van der Waals surface area contributed by atoms with E-state index < -0.39 is 0 Å². The van der Waals surface area contributed by atoms with Crippen LogP contribution in [0.1, 0.15) is 23.5 Å². The van der Waals surface area contributed by atoms with E-state index in [2.05, 4.69) is 22.2 Å². The lowest BCUT2D eigenvalue weighted by Crippen LogP contribution is -2.04. The molecule has 2 heterocycles. The number of imidazole rings is 1. The molecule has 2 N–H and O–H groups in total. The van der Waals surface area contributed by atoms with Crippen LogP contribution in [0.2, 0.25) is 0 Å². The number of aromatic nitrogens is 3. The second-order valence-corrected chi connectivity index (χ2v) is 5.55. The fraction of sp³-hybridized carbons (Fsp3) is 0.231. The molecule has 0 aliphatic carbocycles. The molecule has 0 aliphatic rings. The predicted octanol–water partition coefficient (Wildman–Crippen LogP) is 2.79. The Morgan fingerprint density at radius 2 is 2.00 bits per heavy atom. The van der Waals surface area contributed by atoms with Gasteiger partial charge in [-0.25, -0.2) is 9.50 Å². The van der Waals surface area contributed by atoms with Crippen LogP contribution in [0.15, 0.2) is 30.5 Å². The van der Waals surface area contributed by atoms with E-state index >= 15 is 0 Å². The number of fused-ring (bicyclic) bond motifs is 1. The zero-order valence-corrected chi connectivity index (χ0v) is 11.1. The topological polar surface area (TPSA) is 56.2 Å². The molecule has 0 aliphatic heterocycles. The molecule has 0 bridgehead atoms. The number of hydrogen-bond donors (Lipinski definition) is 1. The minimum Gasteiger partial charge on any atom is -0.324 e. The van der Waals surface area contributed by atoms with Gasteiger partial charge in [0.1, 0.15) is 5.01 Å². The van der Waals surface area contributed by atoms with Crippen LogP contribution in [-0.2, 0) is 0 Å². The summed E-state index contributed by atoms with van der Waals surface area (Å²) in [5, 5.41) is 5.38. The van der Waals surface area contributed by atoms with Gasteiger partial charge in [-0.3, -0.25) is 0 Å². The Kier molecular flexibility index (Phi) is 2.65. The van der Waals surface area contributed by atoms with Crippen LogP contribution in [0.5, 0.6) is 0 Å². The van der Waals surface area contributed by atoms with Gasteiger partial charge in [0.15, 0.2) is 0 Å². The smallest absolute Gasteiger partial charge is 0.212 e. The third-order valence-electron chi connectivity index (χ3n) is 2.88. The van der Waals surface area contributed by atoms with Crippen molar-refractivity contribution in [2.75, 3.05) is 0 Å². The van der Waals surface area contributed by atoms with Crippen LogP contribution < -0.4 is 5.73 Å². The molecule has 0 radical (unpaired) electrons. The summed E-state index contributed by atoms with van der Waals surface area (Å²) in [6.07, 6.45) is 1.96. The third-order valence-corrected chi connectivity index (χ3v) is 3.71. The lowest BCUT2D eigenvalue weighted by Gasteiger charge is -2.05. The minimum absolute atomic E-state index is 0.0638. The van der Waals surface area contributed by atoms with Crippen molar-refractivity contribution >= 4 is 16.3 Å². The Hall–Kier alpha value is -1.72. The lowest BCUT2D eigenvalue weighted by molar-refractivity contribution is 0.818. The van der Waals surface area contributed by atoms with Crippen molar-refractivity contribution in [3.63, 3.8) is 0 Å². The zero-order valence-electron chi connectivity index (χ0n) is 10.3. The van der Waals surface area contributed by atoms with Gasteiger partial charge >= 0.3 is 0 Å². The summed E-state index contributed by atoms with van der Waals surface area (Å²) >= 11 is 1.60. The fourth-order valence-corrected chi connectivity index (χ4v) is 2.62. The van der Waals surface area contributed by atoms with E-state index in [1.807, 2.05) is 36.7 Å². The summed E-state index contributed by atoms with van der Waals surface area (Å²) < 4.78 is 1.83. The minimum atomic E-state index is 0.0638. The van der Waals surface area contributed by atoms with Crippen LogP contribution in [0, 0.1) is 6.92 Å². The highest BCUT2D eigenvalue weighted by atomic mass is 32.1. The number of rotatable bonds is 2. The van der Waals surface area contributed by atoms with Gasteiger partial charge < -0.3 is 5.73 Å². The second kappa shape index (κ2) is 4.19. The third kappa shape index (κ3) is 1.91. The van der Waals surface area contributed by atoms with Crippen molar-refractivity contribution in [1.29, 1.82) is 0 Å². The molecule has 0 fully saturated rings. The molecule has 3 aromatic rings. The quantitative estimate of drug-likeness (QED) is 0.769. The first-order chi connectivity index (χ1) is 8.63. The highest BCUT2D eigenvalue weighted by Crippen LogP contribution is 2.23. The van der Waals surface area contributed by atoms with Crippen LogP contribution in [0.25, 0.3) is 16.2 Å². The second-order valence-electron chi connectivity index (χ2n) is 4.39. The Morgan fingerprint density at radius 1 is 1.28 bits per heavy atom. The molecular weight excluding hydrogens is 244 g/mol. The fourth-order valence-electron chi connectivity index (χ4n) is 1.90. The first-order valence-electron chi connectivity index (χ1n) is 5.82. The van der Waals surface area contributed by atoms with Crippen LogP contribution >= 0.6 is 11.3 Å². The van der Waals surface area contributed by atoms with Crippen molar-refractivity contribution < 1.29 is 0 Å². The highest BCUT2D eigenvalue weighted by molar-refractivity contribution is 7.16. The first kappa shape index (κ1) is 11.4. The van der Waals surface area contributed by atoms with Gasteiger partial charge in [-0.05, 0) is 19.4 Å². The summed E-state index contributed by atoms with van der Waals surface area (Å²) in [6, 6.07) is 8.27. The van der Waals surface area contributed by atoms with Crippen molar-refractivity contribution in [2.24, 2.45) is 5.73 Å². The number of hydrogen-bond acceptors (Lipinski definition) is 4. The van der Waals surface area contributed by atoms with Gasteiger partial charge in [0.2, 0.25) is 4.96 Å². The van der Waals surface area contributed by atoms with Crippen molar-refractivity contribution in [3.8, 4) is 11.3 Å². The molecular formula is C13H14N4S. The summed E-state index contributed by atoms with van der Waals surface area (Å²) in [5.74, 6) is 0. The Labute approximate surface area is 109 Å². The monoisotopic (exact) mass is 258 g/mol. The largest absolute Gasteiger partial charge is 0.324 e. The molecule has 0 saturated carbocycles. The summed E-state index contributed by atoms with van der Waals surface area (Å²) in [5.41, 5.74) is 9.01. The van der Waals surface area contributed by atoms with Gasteiger partial charge in [0, 0.05) is 11.6 Å². The normalized spacial score (nSPS) is 13.1.